The Morgan fingerprint density at radius 3 is 2.69 bits per heavy atom. The molecule has 0 aliphatic carbocycles. The number of aromatic nitrogens is 2. The SMILES string of the molecule is CCc1ccccc1C(N)CNc1ccc(C(=O)N2CCNCC2)nn1. The largest absolute Gasteiger partial charge is 0.367 e. The normalized spacial score (nSPS) is 15.5. The third kappa shape index (κ3) is 4.36. The van der Waals surface area contributed by atoms with Crippen LogP contribution in [-0.2, 0) is 6.42 Å². The van der Waals surface area contributed by atoms with Crippen molar-refractivity contribution in [3.05, 3.63) is 53.2 Å². The predicted molar refractivity (Wildman–Crippen MR) is 102 cm³/mol. The number of benzene rings is 1. The molecular weight excluding hydrogens is 328 g/mol. The first-order valence-corrected chi connectivity index (χ1v) is 9.10. The third-order valence-electron chi connectivity index (χ3n) is 4.63. The second kappa shape index (κ2) is 8.73. The van der Waals surface area contributed by atoms with Gasteiger partial charge in [-0.05, 0) is 29.7 Å². The van der Waals surface area contributed by atoms with Gasteiger partial charge >= 0.3 is 0 Å². The van der Waals surface area contributed by atoms with E-state index in [1.807, 2.05) is 12.1 Å². The molecule has 1 aromatic carbocycles. The molecule has 3 rings (SSSR count). The Hall–Kier alpha value is -2.51. The van der Waals surface area contributed by atoms with Crippen molar-refractivity contribution in [2.75, 3.05) is 38.0 Å². The van der Waals surface area contributed by atoms with Crippen LogP contribution in [0.1, 0.15) is 34.6 Å². The molecule has 1 unspecified atom stereocenters. The van der Waals surface area contributed by atoms with Crippen molar-refractivity contribution in [2.45, 2.75) is 19.4 Å². The number of carbonyl (C=O) groups is 1. The molecule has 0 spiro atoms. The number of amides is 1. The molecular formula is C19H26N6O. The summed E-state index contributed by atoms with van der Waals surface area (Å²) in [6, 6.07) is 11.6. The highest BCUT2D eigenvalue weighted by molar-refractivity contribution is 5.92. The second-order valence-corrected chi connectivity index (χ2v) is 6.39. The van der Waals surface area contributed by atoms with Gasteiger partial charge in [-0.2, -0.15) is 0 Å². The lowest BCUT2D eigenvalue weighted by molar-refractivity contribution is 0.0728. The Morgan fingerprint density at radius 2 is 2.00 bits per heavy atom. The zero-order valence-electron chi connectivity index (χ0n) is 15.1. The molecule has 4 N–H and O–H groups in total. The third-order valence-corrected chi connectivity index (χ3v) is 4.63. The van der Waals surface area contributed by atoms with Gasteiger partial charge in [0.1, 0.15) is 5.82 Å². The van der Waals surface area contributed by atoms with Gasteiger partial charge in [-0.3, -0.25) is 4.79 Å². The van der Waals surface area contributed by atoms with Gasteiger partial charge < -0.3 is 21.3 Å². The Labute approximate surface area is 154 Å². The van der Waals surface area contributed by atoms with Gasteiger partial charge in [-0.15, -0.1) is 10.2 Å². The number of nitrogens with two attached hydrogens (primary N) is 1. The van der Waals surface area contributed by atoms with Crippen molar-refractivity contribution in [1.82, 2.24) is 20.4 Å². The van der Waals surface area contributed by atoms with Crippen LogP contribution in [0.25, 0.3) is 0 Å². The summed E-state index contributed by atoms with van der Waals surface area (Å²) in [4.78, 5) is 14.2. The Balaban J connectivity index is 1.58. The summed E-state index contributed by atoms with van der Waals surface area (Å²) in [5.41, 5.74) is 9.08. The van der Waals surface area contributed by atoms with Gasteiger partial charge in [0, 0.05) is 38.8 Å². The first kappa shape index (κ1) is 18.3. The van der Waals surface area contributed by atoms with Crippen molar-refractivity contribution in [1.29, 1.82) is 0 Å². The fourth-order valence-corrected chi connectivity index (χ4v) is 3.11. The molecule has 1 amide bonds. The number of aryl methyl sites for hydroxylation is 1. The Morgan fingerprint density at radius 1 is 1.23 bits per heavy atom. The number of rotatable bonds is 6. The smallest absolute Gasteiger partial charge is 0.274 e. The maximum atomic E-state index is 12.4. The minimum atomic E-state index is -0.130. The van der Waals surface area contributed by atoms with E-state index in [1.165, 1.54) is 5.56 Å². The Bertz CT molecular complexity index is 727. The topological polar surface area (TPSA) is 96.2 Å². The molecule has 2 aromatic rings. The molecule has 0 radical (unpaired) electrons. The van der Waals surface area contributed by atoms with E-state index < -0.39 is 0 Å². The van der Waals surface area contributed by atoms with E-state index in [-0.39, 0.29) is 11.9 Å². The lowest BCUT2D eigenvalue weighted by Gasteiger charge is -2.26. The standard InChI is InChI=1S/C19H26N6O/c1-2-14-5-3-4-6-15(14)16(20)13-22-18-8-7-17(23-24-18)19(26)25-11-9-21-10-12-25/h3-8,16,21H,2,9-13,20H2,1H3,(H,22,24). The maximum absolute atomic E-state index is 12.4. The lowest BCUT2D eigenvalue weighted by atomic mass is 9.99. The van der Waals surface area contributed by atoms with E-state index >= 15 is 0 Å². The van der Waals surface area contributed by atoms with Crippen LogP contribution in [0.5, 0.6) is 0 Å². The number of nitrogens with zero attached hydrogens (tertiary/aromatic N) is 3. The summed E-state index contributed by atoms with van der Waals surface area (Å²) in [5, 5.41) is 14.6. The molecule has 1 aliphatic heterocycles. The fourth-order valence-electron chi connectivity index (χ4n) is 3.11. The minimum absolute atomic E-state index is 0.0703. The maximum Gasteiger partial charge on any atom is 0.274 e. The molecule has 1 fully saturated rings. The highest BCUT2D eigenvalue weighted by Gasteiger charge is 2.19. The number of hydrogen-bond acceptors (Lipinski definition) is 6. The van der Waals surface area contributed by atoms with Crippen molar-refractivity contribution >= 4 is 11.7 Å². The average Bonchev–Trinajstić information content (AvgIpc) is 2.72. The van der Waals surface area contributed by atoms with Crippen LogP contribution < -0.4 is 16.4 Å². The lowest BCUT2D eigenvalue weighted by Crippen LogP contribution is -2.46. The highest BCUT2D eigenvalue weighted by Crippen LogP contribution is 2.17. The first-order valence-electron chi connectivity index (χ1n) is 9.10. The van der Waals surface area contributed by atoms with Gasteiger partial charge in [0.15, 0.2) is 5.69 Å². The number of hydrogen-bond donors (Lipinski definition) is 3. The van der Waals surface area contributed by atoms with Crippen LogP contribution in [-0.4, -0.2) is 53.7 Å². The second-order valence-electron chi connectivity index (χ2n) is 6.39. The van der Waals surface area contributed by atoms with Crippen molar-refractivity contribution in [2.24, 2.45) is 5.73 Å². The minimum Gasteiger partial charge on any atom is -0.367 e. The van der Waals surface area contributed by atoms with Gasteiger partial charge in [0.2, 0.25) is 0 Å². The van der Waals surface area contributed by atoms with Gasteiger partial charge in [0.05, 0.1) is 0 Å². The number of piperazine rings is 1. The van der Waals surface area contributed by atoms with Crippen LogP contribution in [0.4, 0.5) is 5.82 Å². The molecule has 1 aromatic heterocycles. The summed E-state index contributed by atoms with van der Waals surface area (Å²) >= 11 is 0. The first-order chi connectivity index (χ1) is 12.7. The molecule has 1 aliphatic rings. The van der Waals surface area contributed by atoms with Crippen molar-refractivity contribution in [3.8, 4) is 0 Å². The van der Waals surface area contributed by atoms with Crippen LogP contribution in [0.2, 0.25) is 0 Å². The average molecular weight is 354 g/mol. The summed E-state index contributed by atoms with van der Waals surface area (Å²) < 4.78 is 0. The summed E-state index contributed by atoms with van der Waals surface area (Å²) in [6.45, 7) is 5.71. The quantitative estimate of drug-likeness (QED) is 0.721. The van der Waals surface area contributed by atoms with E-state index in [4.69, 9.17) is 5.73 Å². The molecule has 1 saturated heterocycles. The summed E-state index contributed by atoms with van der Waals surface area (Å²) in [7, 11) is 0. The molecule has 138 valence electrons. The molecule has 1 atom stereocenters. The highest BCUT2D eigenvalue weighted by atomic mass is 16.2. The molecule has 0 bridgehead atoms. The number of anilines is 1. The van der Waals surface area contributed by atoms with E-state index in [9.17, 15) is 4.79 Å². The summed E-state index contributed by atoms with van der Waals surface area (Å²) in [6.07, 6.45) is 0.951. The van der Waals surface area contributed by atoms with E-state index in [0.29, 0.717) is 31.1 Å². The molecule has 7 nitrogen and oxygen atoms in total. The van der Waals surface area contributed by atoms with Crippen LogP contribution in [0.3, 0.4) is 0 Å². The van der Waals surface area contributed by atoms with E-state index in [0.717, 1.165) is 25.1 Å². The number of nitrogens with one attached hydrogen (secondary N) is 2. The van der Waals surface area contributed by atoms with Crippen LogP contribution in [0, 0.1) is 0 Å². The van der Waals surface area contributed by atoms with Crippen molar-refractivity contribution < 1.29 is 4.79 Å². The zero-order chi connectivity index (χ0) is 18.4. The molecule has 7 heteroatoms. The van der Waals surface area contributed by atoms with Gasteiger partial charge in [-0.25, -0.2) is 0 Å². The summed E-state index contributed by atoms with van der Waals surface area (Å²) in [5.74, 6) is 0.547. The number of carbonyl (C=O) groups excluding carboxylic acids is 1. The van der Waals surface area contributed by atoms with Gasteiger partial charge in [0.25, 0.3) is 5.91 Å². The zero-order valence-corrected chi connectivity index (χ0v) is 15.1. The fraction of sp³-hybridized carbons (Fsp3) is 0.421. The van der Waals surface area contributed by atoms with Crippen LogP contribution in [0.15, 0.2) is 36.4 Å². The Kier molecular flexibility index (Phi) is 6.14. The van der Waals surface area contributed by atoms with Gasteiger partial charge in [-0.1, -0.05) is 31.2 Å². The van der Waals surface area contributed by atoms with Crippen molar-refractivity contribution in [3.63, 3.8) is 0 Å². The molecule has 26 heavy (non-hydrogen) atoms. The van der Waals surface area contributed by atoms with E-state index in [2.05, 4.69) is 39.9 Å². The monoisotopic (exact) mass is 354 g/mol. The molecule has 2 heterocycles. The van der Waals surface area contributed by atoms with Crippen LogP contribution >= 0.6 is 0 Å². The molecule has 0 saturated carbocycles. The predicted octanol–water partition coefficient (Wildman–Crippen LogP) is 1.20. The van der Waals surface area contributed by atoms with E-state index in [1.54, 1.807) is 17.0 Å².